The second-order valence-electron chi connectivity index (χ2n) is 9.07. The average Bonchev–Trinajstić information content (AvgIpc) is 3.21. The predicted molar refractivity (Wildman–Crippen MR) is 119 cm³/mol. The molecular weight excluding hydrogens is 401 g/mol. The van der Waals surface area contributed by atoms with Gasteiger partial charge in [-0.3, -0.25) is 15.1 Å². The number of halogens is 1. The molecule has 1 aromatic carbocycles. The Bertz CT molecular complexity index is 831. The Kier molecular flexibility index (Phi) is 6.31. The number of likely N-dealkylation sites (tertiary alicyclic amines) is 1. The van der Waals surface area contributed by atoms with E-state index < -0.39 is 0 Å². The highest BCUT2D eigenvalue weighted by molar-refractivity contribution is 5.77. The topological polar surface area (TPSA) is 74.5 Å². The Morgan fingerprint density at radius 3 is 2.45 bits per heavy atom. The number of piperidine rings is 2. The van der Waals surface area contributed by atoms with E-state index in [4.69, 9.17) is 4.74 Å². The summed E-state index contributed by atoms with van der Waals surface area (Å²) in [4.78, 5) is 15.8. The first kappa shape index (κ1) is 21.8. The third kappa shape index (κ3) is 4.46. The van der Waals surface area contributed by atoms with Gasteiger partial charge in [-0.1, -0.05) is 0 Å². The van der Waals surface area contributed by atoms with Crippen LogP contribution in [0.4, 0.5) is 15.8 Å². The van der Waals surface area contributed by atoms with E-state index in [0.29, 0.717) is 24.3 Å². The van der Waals surface area contributed by atoms with Crippen LogP contribution >= 0.6 is 0 Å². The van der Waals surface area contributed by atoms with Crippen LogP contribution in [0.5, 0.6) is 5.75 Å². The van der Waals surface area contributed by atoms with Crippen LogP contribution in [-0.2, 0) is 0 Å². The largest absolute Gasteiger partial charge is 0.490 e. The summed E-state index contributed by atoms with van der Waals surface area (Å²) in [5, 5.41) is 17.8. The lowest BCUT2D eigenvalue weighted by atomic mass is 9.71. The van der Waals surface area contributed by atoms with Crippen molar-refractivity contribution in [1.82, 2.24) is 9.91 Å². The number of benzene rings is 1. The number of hydrazone groups is 1. The van der Waals surface area contributed by atoms with Crippen molar-refractivity contribution < 1.29 is 14.1 Å². The number of anilines is 1. The fourth-order valence-electron chi connectivity index (χ4n) is 5.30. The molecule has 0 bridgehead atoms. The molecule has 2 fully saturated rings. The van der Waals surface area contributed by atoms with Crippen LogP contribution < -0.4 is 9.64 Å². The van der Waals surface area contributed by atoms with Gasteiger partial charge in [0.15, 0.2) is 5.75 Å². The molecule has 4 rings (SSSR count). The van der Waals surface area contributed by atoms with Crippen LogP contribution in [0.25, 0.3) is 0 Å². The Balaban J connectivity index is 1.55. The van der Waals surface area contributed by atoms with Crippen molar-refractivity contribution in [2.45, 2.75) is 31.6 Å². The number of alkyl halides is 1. The molecule has 1 unspecified atom stereocenters. The summed E-state index contributed by atoms with van der Waals surface area (Å²) < 4.78 is 18.0. The molecule has 9 heteroatoms. The van der Waals surface area contributed by atoms with Crippen molar-refractivity contribution in [3.63, 3.8) is 0 Å². The summed E-state index contributed by atoms with van der Waals surface area (Å²) in [6.45, 7) is 4.76. The molecule has 8 nitrogen and oxygen atoms in total. The van der Waals surface area contributed by atoms with E-state index in [2.05, 4.69) is 14.9 Å². The van der Waals surface area contributed by atoms with Gasteiger partial charge in [-0.2, -0.15) is 5.10 Å². The number of nitrogens with zero attached hydrogens (tertiary/aromatic N) is 5. The lowest BCUT2D eigenvalue weighted by Crippen LogP contribution is -2.47. The monoisotopic (exact) mass is 433 g/mol. The molecule has 1 atom stereocenters. The van der Waals surface area contributed by atoms with Crippen molar-refractivity contribution in [2.24, 2.45) is 10.5 Å². The SMILES string of the molecule is COc1cc(N2CCC3(CCN(CCF)CC3)CC2)c(C2C=NN(C)C2)cc1[N+](=O)[O-]. The van der Waals surface area contributed by atoms with Crippen LogP contribution in [-0.4, -0.2) is 81.1 Å². The van der Waals surface area contributed by atoms with Gasteiger partial charge in [0.2, 0.25) is 0 Å². The highest BCUT2D eigenvalue weighted by Crippen LogP contribution is 2.45. The van der Waals surface area contributed by atoms with E-state index in [-0.39, 0.29) is 23.2 Å². The molecule has 0 amide bonds. The number of hydrogen-bond donors (Lipinski definition) is 0. The number of methoxy groups -OCH3 is 1. The molecule has 170 valence electrons. The minimum atomic E-state index is -0.377. The molecule has 0 radical (unpaired) electrons. The molecule has 3 aliphatic heterocycles. The average molecular weight is 434 g/mol. The van der Waals surface area contributed by atoms with Crippen molar-refractivity contribution >= 4 is 17.6 Å². The quantitative estimate of drug-likeness (QED) is 0.506. The lowest BCUT2D eigenvalue weighted by Gasteiger charge is -2.47. The summed E-state index contributed by atoms with van der Waals surface area (Å²) in [5.41, 5.74) is 2.29. The van der Waals surface area contributed by atoms with Crippen LogP contribution in [0.3, 0.4) is 0 Å². The molecule has 3 aliphatic rings. The van der Waals surface area contributed by atoms with Crippen molar-refractivity contribution in [3.8, 4) is 5.75 Å². The molecule has 0 N–H and O–H groups in total. The highest BCUT2D eigenvalue weighted by atomic mass is 19.1. The molecule has 0 saturated carbocycles. The zero-order valence-electron chi connectivity index (χ0n) is 18.4. The van der Waals surface area contributed by atoms with Gasteiger partial charge in [-0.05, 0) is 49.8 Å². The number of rotatable bonds is 6. The van der Waals surface area contributed by atoms with Crippen molar-refractivity contribution in [2.75, 3.05) is 65.0 Å². The van der Waals surface area contributed by atoms with E-state index in [9.17, 15) is 14.5 Å². The second kappa shape index (κ2) is 8.98. The van der Waals surface area contributed by atoms with Gasteiger partial charge in [0, 0.05) is 63.2 Å². The van der Waals surface area contributed by atoms with Gasteiger partial charge in [-0.15, -0.1) is 0 Å². The Morgan fingerprint density at radius 1 is 1.23 bits per heavy atom. The zero-order valence-corrected chi connectivity index (χ0v) is 18.4. The summed E-state index contributed by atoms with van der Waals surface area (Å²) in [5.74, 6) is 0.316. The van der Waals surface area contributed by atoms with Crippen LogP contribution in [0.15, 0.2) is 17.2 Å². The lowest BCUT2D eigenvalue weighted by molar-refractivity contribution is -0.385. The number of ether oxygens (including phenoxy) is 1. The molecule has 0 aromatic heterocycles. The maximum absolute atomic E-state index is 12.7. The van der Waals surface area contributed by atoms with Gasteiger partial charge < -0.3 is 14.5 Å². The second-order valence-corrected chi connectivity index (χ2v) is 9.07. The number of likely N-dealkylation sites (N-methyl/N-ethyl adjacent to an activating group) is 1. The summed E-state index contributed by atoms with van der Waals surface area (Å²) in [6.07, 6.45) is 6.30. The Labute approximate surface area is 182 Å². The van der Waals surface area contributed by atoms with Gasteiger partial charge in [0.1, 0.15) is 6.67 Å². The van der Waals surface area contributed by atoms with Crippen LogP contribution in [0.1, 0.15) is 37.2 Å². The molecule has 1 spiro atoms. The van der Waals surface area contributed by atoms with Crippen molar-refractivity contribution in [3.05, 3.63) is 27.8 Å². The molecule has 31 heavy (non-hydrogen) atoms. The maximum atomic E-state index is 12.7. The first-order valence-electron chi connectivity index (χ1n) is 11.1. The van der Waals surface area contributed by atoms with E-state index >= 15 is 0 Å². The summed E-state index contributed by atoms with van der Waals surface area (Å²) in [6, 6.07) is 3.51. The van der Waals surface area contributed by atoms with Gasteiger partial charge >= 0.3 is 5.69 Å². The smallest absolute Gasteiger partial charge is 0.311 e. The Hall–Kier alpha value is -2.42. The molecule has 1 aromatic rings. The molecule has 3 heterocycles. The van der Waals surface area contributed by atoms with Crippen molar-refractivity contribution in [1.29, 1.82) is 0 Å². The van der Waals surface area contributed by atoms with E-state index in [1.165, 1.54) is 7.11 Å². The van der Waals surface area contributed by atoms with E-state index in [0.717, 1.165) is 63.1 Å². The third-order valence-corrected chi connectivity index (χ3v) is 7.31. The van der Waals surface area contributed by atoms with Crippen LogP contribution in [0, 0.1) is 15.5 Å². The normalized spacial score (nSPS) is 23.5. The van der Waals surface area contributed by atoms with Crippen LogP contribution in [0.2, 0.25) is 0 Å². The number of nitro benzene ring substituents is 1. The fraction of sp³-hybridized carbons (Fsp3) is 0.682. The van der Waals surface area contributed by atoms with Gasteiger partial charge in [-0.25, -0.2) is 4.39 Å². The van der Waals surface area contributed by atoms with Gasteiger partial charge in [0.25, 0.3) is 0 Å². The molecule has 0 aliphatic carbocycles. The maximum Gasteiger partial charge on any atom is 0.311 e. The summed E-state index contributed by atoms with van der Waals surface area (Å²) in [7, 11) is 3.39. The fourth-order valence-corrected chi connectivity index (χ4v) is 5.30. The number of nitro groups is 1. The standard InChI is InChI=1S/C22H32FN5O3/c1-25-16-17(15-24-25)18-13-20(28(29)30)21(31-2)14-19(18)27-10-5-22(6-11-27)3-8-26(9-4-22)12-7-23/h13-15,17H,3-12,16H2,1-2H3. The third-order valence-electron chi connectivity index (χ3n) is 7.31. The first-order valence-corrected chi connectivity index (χ1v) is 11.1. The minimum absolute atomic E-state index is 0.00193. The first-order chi connectivity index (χ1) is 14.9. The number of hydrogen-bond acceptors (Lipinski definition) is 7. The van der Waals surface area contributed by atoms with E-state index in [1.807, 2.05) is 24.3 Å². The zero-order chi connectivity index (χ0) is 22.0. The van der Waals surface area contributed by atoms with Gasteiger partial charge in [0.05, 0.1) is 12.0 Å². The van der Waals surface area contributed by atoms with E-state index in [1.54, 1.807) is 6.07 Å². The summed E-state index contributed by atoms with van der Waals surface area (Å²) >= 11 is 0. The molecule has 2 saturated heterocycles. The molecular formula is C22H32FN5O3. The minimum Gasteiger partial charge on any atom is -0.490 e. The highest BCUT2D eigenvalue weighted by Gasteiger charge is 2.38. The Morgan fingerprint density at radius 2 is 1.90 bits per heavy atom. The predicted octanol–water partition coefficient (Wildman–Crippen LogP) is 3.27.